The van der Waals surface area contributed by atoms with Gasteiger partial charge in [0.15, 0.2) is 0 Å². The van der Waals surface area contributed by atoms with Gasteiger partial charge in [-0.3, -0.25) is 4.79 Å². The Hall–Kier alpha value is -3.31. The van der Waals surface area contributed by atoms with Gasteiger partial charge in [-0.25, -0.2) is 0 Å². The van der Waals surface area contributed by atoms with Gasteiger partial charge >= 0.3 is 0 Å². The lowest BCUT2D eigenvalue weighted by Gasteiger charge is -2.47. The number of amides is 1. The average Bonchev–Trinajstić information content (AvgIpc) is 3.35. The first kappa shape index (κ1) is 20.6. The van der Waals surface area contributed by atoms with E-state index >= 15 is 0 Å². The topological polar surface area (TPSA) is 50.8 Å². The minimum atomic E-state index is -0.719. The highest BCUT2D eigenvalue weighted by atomic mass is 16.5. The number of hydrogen-bond donors (Lipinski definition) is 1. The van der Waals surface area contributed by atoms with E-state index < -0.39 is 5.66 Å². The van der Waals surface area contributed by atoms with Gasteiger partial charge in [0.2, 0.25) is 0 Å². The molecule has 1 amide bonds. The highest BCUT2D eigenvalue weighted by molar-refractivity contribution is 6.02. The number of hydrogen-bond acceptors (Lipinski definition) is 4. The molecular formula is C27H28N2O3. The lowest BCUT2D eigenvalue weighted by atomic mass is 9.92. The summed E-state index contributed by atoms with van der Waals surface area (Å²) in [6.07, 6.45) is 2.07. The van der Waals surface area contributed by atoms with E-state index in [4.69, 9.17) is 9.47 Å². The fourth-order valence-electron chi connectivity index (χ4n) is 4.57. The molecule has 3 aromatic rings. The molecule has 2 atom stereocenters. The zero-order valence-corrected chi connectivity index (χ0v) is 18.3. The largest absolute Gasteiger partial charge is 0.489 e. The van der Waals surface area contributed by atoms with Crippen molar-refractivity contribution < 1.29 is 14.3 Å². The van der Waals surface area contributed by atoms with Crippen LogP contribution in [-0.4, -0.2) is 30.1 Å². The van der Waals surface area contributed by atoms with E-state index in [0.717, 1.165) is 42.0 Å². The fourth-order valence-corrected chi connectivity index (χ4v) is 4.57. The summed E-state index contributed by atoms with van der Waals surface area (Å²) >= 11 is 0. The smallest absolute Gasteiger partial charge is 0.258 e. The van der Waals surface area contributed by atoms with Crippen molar-refractivity contribution in [3.63, 3.8) is 0 Å². The molecule has 1 N–H and O–H groups in total. The summed E-state index contributed by atoms with van der Waals surface area (Å²) in [4.78, 5) is 15.5. The zero-order valence-electron chi connectivity index (χ0n) is 18.3. The van der Waals surface area contributed by atoms with E-state index in [0.29, 0.717) is 18.7 Å². The number of fused-ring (bicyclic) bond motifs is 1. The van der Waals surface area contributed by atoms with Crippen LogP contribution < -0.4 is 10.1 Å². The monoisotopic (exact) mass is 428 g/mol. The number of nitrogens with zero attached hydrogens (tertiary/aromatic N) is 1. The molecule has 1 fully saturated rings. The number of anilines is 1. The molecule has 0 bridgehead atoms. The van der Waals surface area contributed by atoms with Gasteiger partial charge in [-0.15, -0.1) is 0 Å². The van der Waals surface area contributed by atoms with Crippen LogP contribution in [-0.2, 0) is 17.0 Å². The number of nitrogens with one attached hydrogen (secondary N) is 1. The maximum atomic E-state index is 13.6. The van der Waals surface area contributed by atoms with E-state index in [1.54, 1.807) is 0 Å². The van der Waals surface area contributed by atoms with Crippen LogP contribution in [0.15, 0.2) is 78.9 Å². The van der Waals surface area contributed by atoms with Gasteiger partial charge < -0.3 is 19.7 Å². The molecule has 5 rings (SSSR count). The van der Waals surface area contributed by atoms with Crippen molar-refractivity contribution >= 4 is 11.6 Å². The summed E-state index contributed by atoms with van der Waals surface area (Å²) in [6, 6.07) is 25.8. The highest BCUT2D eigenvalue weighted by Crippen LogP contribution is 2.39. The van der Waals surface area contributed by atoms with Gasteiger partial charge in [0.1, 0.15) is 18.0 Å². The van der Waals surface area contributed by atoms with Crippen molar-refractivity contribution in [2.75, 3.05) is 18.5 Å². The Labute approximate surface area is 189 Å². The third kappa shape index (κ3) is 3.96. The predicted octanol–water partition coefficient (Wildman–Crippen LogP) is 5.19. The van der Waals surface area contributed by atoms with Gasteiger partial charge in [0, 0.05) is 24.4 Å². The maximum Gasteiger partial charge on any atom is 0.258 e. The van der Waals surface area contributed by atoms with Crippen molar-refractivity contribution in [1.82, 2.24) is 4.90 Å². The third-order valence-corrected chi connectivity index (χ3v) is 6.38. The second-order valence-electron chi connectivity index (χ2n) is 8.60. The molecule has 2 aliphatic heterocycles. The third-order valence-electron chi connectivity index (χ3n) is 6.38. The first-order chi connectivity index (χ1) is 15.6. The first-order valence-corrected chi connectivity index (χ1v) is 11.2. The lowest BCUT2D eigenvalue weighted by Crippen LogP contribution is -2.57. The molecule has 0 saturated carbocycles. The summed E-state index contributed by atoms with van der Waals surface area (Å²) in [5.41, 5.74) is 2.91. The fraction of sp³-hybridized carbons (Fsp3) is 0.296. The molecule has 164 valence electrons. The molecular weight excluding hydrogens is 400 g/mol. The van der Waals surface area contributed by atoms with Crippen LogP contribution in [0.3, 0.4) is 0 Å². The lowest BCUT2D eigenvalue weighted by molar-refractivity contribution is 0.0242. The van der Waals surface area contributed by atoms with Crippen molar-refractivity contribution in [3.05, 3.63) is 95.6 Å². The minimum absolute atomic E-state index is 0.0213. The van der Waals surface area contributed by atoms with Crippen molar-refractivity contribution in [1.29, 1.82) is 0 Å². The predicted molar refractivity (Wildman–Crippen MR) is 125 cm³/mol. The van der Waals surface area contributed by atoms with Gasteiger partial charge in [-0.05, 0) is 49.6 Å². The van der Waals surface area contributed by atoms with Gasteiger partial charge in [0.25, 0.3) is 5.91 Å². The molecule has 0 radical (unpaired) electrons. The maximum absolute atomic E-state index is 13.6. The second-order valence-corrected chi connectivity index (χ2v) is 8.60. The highest BCUT2D eigenvalue weighted by Gasteiger charge is 2.43. The SMILES string of the molecule is CC1(c2cccc(OCc3ccccc3)c2)Nc2ccccc2C(=O)N1CC1CCCO1. The first-order valence-electron chi connectivity index (χ1n) is 11.2. The van der Waals surface area contributed by atoms with Crippen molar-refractivity contribution in [3.8, 4) is 5.75 Å². The van der Waals surface area contributed by atoms with E-state index in [1.165, 1.54) is 0 Å². The van der Waals surface area contributed by atoms with Crippen LogP contribution in [0.1, 0.15) is 41.3 Å². The minimum Gasteiger partial charge on any atom is -0.489 e. The van der Waals surface area contributed by atoms with E-state index in [2.05, 4.69) is 12.2 Å². The van der Waals surface area contributed by atoms with Crippen LogP contribution in [0, 0.1) is 0 Å². The van der Waals surface area contributed by atoms with E-state index in [1.807, 2.05) is 83.8 Å². The Bertz CT molecular complexity index is 1090. The van der Waals surface area contributed by atoms with Crippen molar-refractivity contribution in [2.24, 2.45) is 0 Å². The van der Waals surface area contributed by atoms with Gasteiger partial charge in [-0.1, -0.05) is 54.6 Å². The Balaban J connectivity index is 1.47. The molecule has 2 unspecified atom stereocenters. The number of ether oxygens (including phenoxy) is 2. The summed E-state index contributed by atoms with van der Waals surface area (Å²) in [7, 11) is 0. The van der Waals surface area contributed by atoms with Crippen molar-refractivity contribution in [2.45, 2.75) is 38.1 Å². The van der Waals surface area contributed by atoms with Gasteiger partial charge in [-0.2, -0.15) is 0 Å². The molecule has 32 heavy (non-hydrogen) atoms. The van der Waals surface area contributed by atoms with Crippen LogP contribution in [0.2, 0.25) is 0 Å². The molecule has 5 nitrogen and oxygen atoms in total. The second kappa shape index (κ2) is 8.67. The Morgan fingerprint density at radius 3 is 2.69 bits per heavy atom. The number of rotatable bonds is 6. The summed E-state index contributed by atoms with van der Waals surface area (Å²) in [6.45, 7) is 3.87. The molecule has 0 spiro atoms. The number of carbonyl (C=O) groups excluding carboxylic acids is 1. The van der Waals surface area contributed by atoms with Crippen LogP contribution in [0.5, 0.6) is 5.75 Å². The Morgan fingerprint density at radius 2 is 1.88 bits per heavy atom. The molecule has 5 heteroatoms. The average molecular weight is 429 g/mol. The number of carbonyl (C=O) groups is 1. The molecule has 2 aliphatic rings. The molecule has 0 aliphatic carbocycles. The standard InChI is InChI=1S/C27H28N2O3/c1-27(21-11-7-12-22(17-21)32-19-20-9-3-2-4-10-20)28-25-15-6-5-14-24(25)26(30)29(27)18-23-13-8-16-31-23/h2-7,9-12,14-15,17,23,28H,8,13,16,18-19H2,1H3. The zero-order chi connectivity index (χ0) is 22.0. The Kier molecular flexibility index (Phi) is 5.58. The van der Waals surface area contributed by atoms with E-state index in [-0.39, 0.29) is 12.0 Å². The Morgan fingerprint density at radius 1 is 1.06 bits per heavy atom. The number of benzene rings is 3. The molecule has 3 aromatic carbocycles. The summed E-state index contributed by atoms with van der Waals surface area (Å²) in [5.74, 6) is 0.797. The number of para-hydroxylation sites is 1. The van der Waals surface area contributed by atoms with Crippen LogP contribution in [0.4, 0.5) is 5.69 Å². The normalized spacial score (nSPS) is 22.3. The van der Waals surface area contributed by atoms with E-state index in [9.17, 15) is 4.79 Å². The molecule has 0 aromatic heterocycles. The molecule has 2 heterocycles. The summed E-state index contributed by atoms with van der Waals surface area (Å²) in [5, 5.41) is 3.64. The summed E-state index contributed by atoms with van der Waals surface area (Å²) < 4.78 is 12.0. The quantitative estimate of drug-likeness (QED) is 0.587. The van der Waals surface area contributed by atoms with Crippen LogP contribution >= 0.6 is 0 Å². The van der Waals surface area contributed by atoms with Gasteiger partial charge in [0.05, 0.1) is 11.7 Å². The molecule has 1 saturated heterocycles. The van der Waals surface area contributed by atoms with Crippen LogP contribution in [0.25, 0.3) is 0 Å².